The number of likely N-dealkylation sites (N-methyl/N-ethyl adjacent to an activating group) is 1. The number of nitrogens with zero attached hydrogens (tertiary/aromatic N) is 1. The van der Waals surface area contributed by atoms with Crippen LogP contribution < -0.4 is 0 Å². The molecule has 0 saturated carbocycles. The highest BCUT2D eigenvalue weighted by Gasteiger charge is 2.33. The standard InChI is InChI=1S/C18H21NO4S/c1-13-8-10-16(11-9-13)24(22,23)19(3)17(18(20)21)12-15-7-5-4-6-14(15)2/h4-11,17H,12H2,1-3H3,(H,20,21)/t17-/m1/s1. The Bertz CT molecular complexity index is 828. The lowest BCUT2D eigenvalue weighted by atomic mass is 10.0. The van der Waals surface area contributed by atoms with E-state index >= 15 is 0 Å². The van der Waals surface area contributed by atoms with Gasteiger partial charge in [0.2, 0.25) is 10.0 Å². The maximum absolute atomic E-state index is 12.7. The van der Waals surface area contributed by atoms with Gasteiger partial charge in [-0.1, -0.05) is 42.0 Å². The summed E-state index contributed by atoms with van der Waals surface area (Å²) in [6.45, 7) is 3.74. The predicted octanol–water partition coefficient (Wildman–Crippen LogP) is 2.62. The lowest BCUT2D eigenvalue weighted by Crippen LogP contribution is -2.43. The van der Waals surface area contributed by atoms with E-state index in [1.165, 1.54) is 19.2 Å². The summed E-state index contributed by atoms with van der Waals surface area (Å²) in [5, 5.41) is 9.54. The van der Waals surface area contributed by atoms with Gasteiger partial charge in [-0.15, -0.1) is 0 Å². The predicted molar refractivity (Wildman–Crippen MR) is 92.4 cm³/mol. The molecule has 0 spiro atoms. The van der Waals surface area contributed by atoms with E-state index in [9.17, 15) is 18.3 Å². The van der Waals surface area contributed by atoms with Crippen molar-refractivity contribution in [1.29, 1.82) is 0 Å². The summed E-state index contributed by atoms with van der Waals surface area (Å²) in [6, 6.07) is 12.6. The van der Waals surface area contributed by atoms with Crippen molar-refractivity contribution in [3.8, 4) is 0 Å². The Morgan fingerprint density at radius 2 is 1.67 bits per heavy atom. The van der Waals surface area contributed by atoms with Crippen LogP contribution in [0.4, 0.5) is 0 Å². The molecule has 1 atom stereocenters. The summed E-state index contributed by atoms with van der Waals surface area (Å²) in [5.74, 6) is -1.17. The maximum atomic E-state index is 12.7. The van der Waals surface area contributed by atoms with Gasteiger partial charge in [-0.25, -0.2) is 8.42 Å². The zero-order chi connectivity index (χ0) is 17.9. The fourth-order valence-corrected chi connectivity index (χ4v) is 3.78. The summed E-state index contributed by atoms with van der Waals surface area (Å²) in [4.78, 5) is 11.8. The molecule has 0 radical (unpaired) electrons. The van der Waals surface area contributed by atoms with Crippen LogP contribution in [0.25, 0.3) is 0 Å². The molecule has 6 heteroatoms. The van der Waals surface area contributed by atoms with E-state index in [0.717, 1.165) is 21.0 Å². The molecule has 0 unspecified atom stereocenters. The Morgan fingerprint density at radius 1 is 1.08 bits per heavy atom. The van der Waals surface area contributed by atoms with Crippen LogP contribution in [0.15, 0.2) is 53.4 Å². The quantitative estimate of drug-likeness (QED) is 0.872. The molecule has 2 aromatic rings. The van der Waals surface area contributed by atoms with Crippen LogP contribution in [-0.4, -0.2) is 36.9 Å². The number of carboxylic acid groups (broad SMARTS) is 1. The SMILES string of the molecule is Cc1ccc(S(=O)(=O)N(C)[C@H](Cc2ccccc2C)C(=O)O)cc1. The number of carboxylic acids is 1. The minimum Gasteiger partial charge on any atom is -0.480 e. The van der Waals surface area contributed by atoms with Gasteiger partial charge in [0.25, 0.3) is 0 Å². The number of carbonyl (C=O) groups is 1. The van der Waals surface area contributed by atoms with Crippen molar-refractivity contribution in [3.05, 3.63) is 65.2 Å². The Morgan fingerprint density at radius 3 is 2.21 bits per heavy atom. The summed E-state index contributed by atoms with van der Waals surface area (Å²) < 4.78 is 26.4. The van der Waals surface area contributed by atoms with Crippen molar-refractivity contribution >= 4 is 16.0 Å². The molecule has 0 bridgehead atoms. The molecule has 0 heterocycles. The fourth-order valence-electron chi connectivity index (χ4n) is 2.46. The van der Waals surface area contributed by atoms with Crippen molar-refractivity contribution in [2.24, 2.45) is 0 Å². The number of sulfonamides is 1. The lowest BCUT2D eigenvalue weighted by Gasteiger charge is -2.25. The summed E-state index contributed by atoms with van der Waals surface area (Å²) in [7, 11) is -2.57. The number of rotatable bonds is 6. The Balaban J connectivity index is 2.35. The third-order valence-corrected chi connectivity index (χ3v) is 5.98. The molecular weight excluding hydrogens is 326 g/mol. The smallest absolute Gasteiger partial charge is 0.322 e. The molecule has 1 N–H and O–H groups in total. The maximum Gasteiger partial charge on any atom is 0.322 e. The molecule has 0 aromatic heterocycles. The average Bonchev–Trinajstić information content (AvgIpc) is 2.53. The minimum atomic E-state index is -3.88. The Labute approximate surface area is 142 Å². The Hall–Kier alpha value is -2.18. The first kappa shape index (κ1) is 18.2. The second-order valence-corrected chi connectivity index (χ2v) is 7.82. The highest BCUT2D eigenvalue weighted by atomic mass is 32.2. The molecule has 2 aromatic carbocycles. The van der Waals surface area contributed by atoms with E-state index in [1.54, 1.807) is 12.1 Å². The number of hydrogen-bond donors (Lipinski definition) is 1. The number of aryl methyl sites for hydroxylation is 2. The summed E-state index contributed by atoms with van der Waals surface area (Å²) in [6.07, 6.45) is 0.115. The molecule has 5 nitrogen and oxygen atoms in total. The topological polar surface area (TPSA) is 74.7 Å². The van der Waals surface area contributed by atoms with Crippen LogP contribution in [0.1, 0.15) is 16.7 Å². The first-order chi connectivity index (χ1) is 11.2. The third kappa shape index (κ3) is 3.83. The van der Waals surface area contributed by atoms with Gasteiger partial charge in [0, 0.05) is 7.05 Å². The first-order valence-electron chi connectivity index (χ1n) is 7.55. The van der Waals surface area contributed by atoms with E-state index < -0.39 is 22.0 Å². The average molecular weight is 347 g/mol. The molecule has 0 aliphatic carbocycles. The van der Waals surface area contributed by atoms with E-state index in [1.807, 2.05) is 38.1 Å². The summed E-state index contributed by atoms with van der Waals surface area (Å²) in [5.41, 5.74) is 2.69. The van der Waals surface area contributed by atoms with Gasteiger partial charge in [0.15, 0.2) is 0 Å². The fraction of sp³-hybridized carbons (Fsp3) is 0.278. The first-order valence-corrected chi connectivity index (χ1v) is 8.99. The van der Waals surface area contributed by atoms with Crippen LogP contribution in [0, 0.1) is 13.8 Å². The zero-order valence-electron chi connectivity index (χ0n) is 13.9. The second-order valence-electron chi connectivity index (χ2n) is 5.82. The monoisotopic (exact) mass is 347 g/mol. The van der Waals surface area contributed by atoms with Crippen molar-refractivity contribution < 1.29 is 18.3 Å². The van der Waals surface area contributed by atoms with Gasteiger partial charge in [-0.3, -0.25) is 4.79 Å². The highest BCUT2D eigenvalue weighted by Crippen LogP contribution is 2.20. The highest BCUT2D eigenvalue weighted by molar-refractivity contribution is 7.89. The Kier molecular flexibility index (Phi) is 5.41. The zero-order valence-corrected chi connectivity index (χ0v) is 14.7. The van der Waals surface area contributed by atoms with Crippen molar-refractivity contribution in [2.45, 2.75) is 31.2 Å². The van der Waals surface area contributed by atoms with Crippen LogP contribution >= 0.6 is 0 Å². The number of aliphatic carboxylic acids is 1. The van der Waals surface area contributed by atoms with E-state index in [0.29, 0.717) is 0 Å². The third-order valence-electron chi connectivity index (χ3n) is 4.10. The molecule has 0 aliphatic heterocycles. The van der Waals surface area contributed by atoms with E-state index in [4.69, 9.17) is 0 Å². The van der Waals surface area contributed by atoms with E-state index in [2.05, 4.69) is 0 Å². The van der Waals surface area contributed by atoms with Gasteiger partial charge in [-0.05, 0) is 43.5 Å². The van der Waals surface area contributed by atoms with Crippen LogP contribution in [0.5, 0.6) is 0 Å². The van der Waals surface area contributed by atoms with Gasteiger partial charge >= 0.3 is 5.97 Å². The van der Waals surface area contributed by atoms with E-state index in [-0.39, 0.29) is 11.3 Å². The minimum absolute atomic E-state index is 0.0895. The summed E-state index contributed by atoms with van der Waals surface area (Å²) >= 11 is 0. The molecule has 2 rings (SSSR count). The second kappa shape index (κ2) is 7.15. The van der Waals surface area contributed by atoms with Crippen molar-refractivity contribution in [3.63, 3.8) is 0 Å². The van der Waals surface area contributed by atoms with Gasteiger partial charge in [0.05, 0.1) is 4.90 Å². The number of hydrogen-bond acceptors (Lipinski definition) is 3. The molecule has 0 amide bonds. The molecular formula is C18H21NO4S. The molecule has 0 fully saturated rings. The van der Waals surface area contributed by atoms with Crippen LogP contribution in [-0.2, 0) is 21.2 Å². The molecule has 0 aliphatic rings. The molecule has 128 valence electrons. The van der Waals surface area contributed by atoms with Crippen molar-refractivity contribution in [1.82, 2.24) is 4.31 Å². The van der Waals surface area contributed by atoms with Crippen molar-refractivity contribution in [2.75, 3.05) is 7.05 Å². The molecule has 0 saturated heterocycles. The van der Waals surface area contributed by atoms with Gasteiger partial charge in [-0.2, -0.15) is 4.31 Å². The van der Waals surface area contributed by atoms with Gasteiger partial charge in [0.1, 0.15) is 6.04 Å². The number of benzene rings is 2. The normalized spacial score (nSPS) is 13.0. The van der Waals surface area contributed by atoms with Crippen LogP contribution in [0.2, 0.25) is 0 Å². The van der Waals surface area contributed by atoms with Crippen LogP contribution in [0.3, 0.4) is 0 Å². The molecule has 24 heavy (non-hydrogen) atoms. The largest absolute Gasteiger partial charge is 0.480 e. The lowest BCUT2D eigenvalue weighted by molar-refractivity contribution is -0.141. The van der Waals surface area contributed by atoms with Gasteiger partial charge < -0.3 is 5.11 Å².